The molecule has 0 heterocycles. The first kappa shape index (κ1) is 10.6. The van der Waals surface area contributed by atoms with E-state index in [9.17, 15) is 0 Å². The summed E-state index contributed by atoms with van der Waals surface area (Å²) >= 11 is 0. The highest BCUT2D eigenvalue weighted by Gasteiger charge is 1.99. The van der Waals surface area contributed by atoms with Gasteiger partial charge in [0.2, 0.25) is 0 Å². The van der Waals surface area contributed by atoms with Crippen LogP contribution in [0.2, 0.25) is 0 Å². The van der Waals surface area contributed by atoms with Crippen LogP contribution in [0.25, 0.3) is 0 Å². The van der Waals surface area contributed by atoms with Gasteiger partial charge in [-0.1, -0.05) is 30.3 Å². The molecule has 1 aromatic carbocycles. The van der Waals surface area contributed by atoms with E-state index in [1.807, 2.05) is 30.3 Å². The van der Waals surface area contributed by atoms with Crippen LogP contribution in [0.1, 0.15) is 31.2 Å². The molecule has 0 unspecified atom stereocenters. The Labute approximate surface area is 85.0 Å². The lowest BCUT2D eigenvalue weighted by Gasteiger charge is -2.02. The van der Waals surface area contributed by atoms with Crippen LogP contribution in [0.4, 0.5) is 0 Å². The third-order valence-electron chi connectivity index (χ3n) is 2.15. The molecule has 1 rings (SSSR count). The molecular weight excluding hydrogens is 172 g/mol. The average molecular weight is 188 g/mol. The normalized spacial score (nSPS) is 9.71. The Hall–Kier alpha value is -1.44. The molecule has 0 radical (unpaired) electrons. The Balaban J connectivity index is 2.32. The van der Waals surface area contributed by atoms with Crippen molar-refractivity contribution in [1.29, 1.82) is 10.8 Å². The zero-order chi connectivity index (χ0) is 10.2. The number of benzene rings is 1. The van der Waals surface area contributed by atoms with Gasteiger partial charge in [0.05, 0.1) is 0 Å². The fourth-order valence-corrected chi connectivity index (χ4v) is 1.33. The van der Waals surface area contributed by atoms with Crippen molar-refractivity contribution >= 4 is 11.9 Å². The van der Waals surface area contributed by atoms with E-state index in [0.29, 0.717) is 5.71 Å². The topological polar surface area (TPSA) is 47.7 Å². The molecule has 0 aromatic heterocycles. The maximum absolute atomic E-state index is 7.81. The average Bonchev–Trinajstić information content (AvgIpc) is 2.25. The van der Waals surface area contributed by atoms with Crippen LogP contribution in [-0.4, -0.2) is 11.9 Å². The van der Waals surface area contributed by atoms with E-state index in [0.717, 1.165) is 31.2 Å². The Kier molecular flexibility index (Phi) is 4.62. The molecule has 0 saturated heterocycles. The highest BCUT2D eigenvalue weighted by molar-refractivity contribution is 5.98. The molecule has 0 aliphatic rings. The van der Waals surface area contributed by atoms with Gasteiger partial charge in [0, 0.05) is 5.71 Å². The molecule has 0 aliphatic carbocycles. The molecule has 0 aliphatic heterocycles. The van der Waals surface area contributed by atoms with Gasteiger partial charge in [-0.05, 0) is 37.5 Å². The van der Waals surface area contributed by atoms with Crippen molar-refractivity contribution < 1.29 is 0 Å². The molecule has 0 atom stereocenters. The Morgan fingerprint density at radius 1 is 1.14 bits per heavy atom. The number of hydrogen-bond donors (Lipinski definition) is 2. The van der Waals surface area contributed by atoms with Gasteiger partial charge in [0.25, 0.3) is 0 Å². The highest BCUT2D eigenvalue weighted by Crippen LogP contribution is 2.07. The van der Waals surface area contributed by atoms with Gasteiger partial charge in [0.1, 0.15) is 0 Å². The Bertz CT molecular complexity index is 290. The van der Waals surface area contributed by atoms with E-state index in [1.165, 1.54) is 6.21 Å². The first-order valence-corrected chi connectivity index (χ1v) is 4.96. The van der Waals surface area contributed by atoms with E-state index in [-0.39, 0.29) is 0 Å². The minimum absolute atomic E-state index is 0.704. The van der Waals surface area contributed by atoms with Gasteiger partial charge in [-0.25, -0.2) is 0 Å². The van der Waals surface area contributed by atoms with E-state index < -0.39 is 0 Å². The lowest BCUT2D eigenvalue weighted by Crippen LogP contribution is -1.98. The summed E-state index contributed by atoms with van der Waals surface area (Å²) in [5, 5.41) is 14.7. The largest absolute Gasteiger partial charge is 0.313 e. The zero-order valence-corrected chi connectivity index (χ0v) is 8.29. The number of hydrogen-bond acceptors (Lipinski definition) is 2. The molecule has 0 amide bonds. The number of unbranched alkanes of at least 4 members (excludes halogenated alkanes) is 2. The van der Waals surface area contributed by atoms with Crippen LogP contribution >= 0.6 is 0 Å². The van der Waals surface area contributed by atoms with Gasteiger partial charge in [-0.3, -0.25) is 0 Å². The van der Waals surface area contributed by atoms with E-state index in [1.54, 1.807) is 0 Å². The van der Waals surface area contributed by atoms with Crippen LogP contribution in [0.3, 0.4) is 0 Å². The zero-order valence-electron chi connectivity index (χ0n) is 8.29. The first-order valence-electron chi connectivity index (χ1n) is 4.96. The molecule has 0 spiro atoms. The third kappa shape index (κ3) is 3.52. The predicted octanol–water partition coefficient (Wildman–Crippen LogP) is 3.26. The van der Waals surface area contributed by atoms with Crippen LogP contribution in [-0.2, 0) is 0 Å². The van der Waals surface area contributed by atoms with Gasteiger partial charge in [-0.2, -0.15) is 0 Å². The summed E-state index contributed by atoms with van der Waals surface area (Å²) in [6.07, 6.45) is 5.11. The van der Waals surface area contributed by atoms with Crippen molar-refractivity contribution in [3.8, 4) is 0 Å². The molecule has 74 valence electrons. The second kappa shape index (κ2) is 6.08. The predicted molar refractivity (Wildman–Crippen MR) is 60.5 cm³/mol. The van der Waals surface area contributed by atoms with E-state index in [2.05, 4.69) is 0 Å². The van der Waals surface area contributed by atoms with Crippen LogP contribution < -0.4 is 0 Å². The lowest BCUT2D eigenvalue weighted by molar-refractivity contribution is 0.797. The van der Waals surface area contributed by atoms with Crippen molar-refractivity contribution in [1.82, 2.24) is 0 Å². The molecule has 0 fully saturated rings. The second-order valence-electron chi connectivity index (χ2n) is 3.29. The van der Waals surface area contributed by atoms with Crippen molar-refractivity contribution in [2.45, 2.75) is 25.7 Å². The number of rotatable bonds is 6. The fourth-order valence-electron chi connectivity index (χ4n) is 1.33. The van der Waals surface area contributed by atoms with Crippen molar-refractivity contribution in [2.75, 3.05) is 0 Å². The summed E-state index contributed by atoms with van der Waals surface area (Å²) in [5.41, 5.74) is 1.72. The van der Waals surface area contributed by atoms with Crippen LogP contribution in [0.15, 0.2) is 30.3 Å². The molecule has 0 saturated carbocycles. The smallest absolute Gasteiger partial charge is 0.0386 e. The molecular formula is C12H16N2. The molecule has 2 heteroatoms. The van der Waals surface area contributed by atoms with Crippen LogP contribution in [0.5, 0.6) is 0 Å². The maximum atomic E-state index is 7.81. The summed E-state index contributed by atoms with van der Waals surface area (Å²) < 4.78 is 0. The fraction of sp³-hybridized carbons (Fsp3) is 0.333. The highest BCUT2D eigenvalue weighted by atomic mass is 14.4. The van der Waals surface area contributed by atoms with Crippen molar-refractivity contribution in [2.24, 2.45) is 0 Å². The van der Waals surface area contributed by atoms with Crippen molar-refractivity contribution in [3.05, 3.63) is 35.9 Å². The quantitative estimate of drug-likeness (QED) is 0.508. The van der Waals surface area contributed by atoms with E-state index >= 15 is 0 Å². The molecule has 2 N–H and O–H groups in total. The standard InChI is InChI=1S/C12H16N2/c13-10-6-2-5-9-12(14)11-7-3-1-4-8-11/h1,3-4,7-8,10,13-14H,2,5-6,9H2. The summed E-state index contributed by atoms with van der Waals surface area (Å²) in [7, 11) is 0. The second-order valence-corrected chi connectivity index (χ2v) is 3.29. The lowest BCUT2D eigenvalue weighted by atomic mass is 10.0. The van der Waals surface area contributed by atoms with Gasteiger partial charge in [0.15, 0.2) is 0 Å². The Morgan fingerprint density at radius 3 is 2.50 bits per heavy atom. The maximum Gasteiger partial charge on any atom is 0.0386 e. The third-order valence-corrected chi connectivity index (χ3v) is 2.15. The molecule has 0 bridgehead atoms. The summed E-state index contributed by atoms with van der Waals surface area (Å²) in [6, 6.07) is 9.83. The Morgan fingerprint density at radius 2 is 1.86 bits per heavy atom. The summed E-state index contributed by atoms with van der Waals surface area (Å²) in [6.45, 7) is 0. The minimum atomic E-state index is 0.704. The molecule has 2 nitrogen and oxygen atoms in total. The van der Waals surface area contributed by atoms with Gasteiger partial charge < -0.3 is 10.8 Å². The minimum Gasteiger partial charge on any atom is -0.313 e. The van der Waals surface area contributed by atoms with Gasteiger partial charge >= 0.3 is 0 Å². The van der Waals surface area contributed by atoms with E-state index in [4.69, 9.17) is 10.8 Å². The summed E-state index contributed by atoms with van der Waals surface area (Å²) in [5.74, 6) is 0. The molecule has 14 heavy (non-hydrogen) atoms. The van der Waals surface area contributed by atoms with Crippen molar-refractivity contribution in [3.63, 3.8) is 0 Å². The number of nitrogens with one attached hydrogen (secondary N) is 2. The van der Waals surface area contributed by atoms with Gasteiger partial charge in [-0.15, -0.1) is 0 Å². The molecule has 1 aromatic rings. The monoisotopic (exact) mass is 188 g/mol. The van der Waals surface area contributed by atoms with Crippen LogP contribution in [0, 0.1) is 10.8 Å². The summed E-state index contributed by atoms with van der Waals surface area (Å²) in [4.78, 5) is 0. The first-order chi connectivity index (χ1) is 6.84. The SMILES string of the molecule is N=CCCCCC(=N)c1ccccc1.